The smallest absolute Gasteiger partial charge is 0.338 e. The van der Waals surface area contributed by atoms with Crippen LogP contribution in [0.2, 0.25) is 5.28 Å². The molecular formula is C93H115Cl3N16O10. The fourth-order valence-electron chi connectivity index (χ4n) is 18.3. The van der Waals surface area contributed by atoms with E-state index in [-0.39, 0.29) is 48.7 Å². The third-order valence-electron chi connectivity index (χ3n) is 24.7. The Morgan fingerprint density at radius 1 is 0.369 bits per heavy atom. The molecule has 5 atom stereocenters. The van der Waals surface area contributed by atoms with Crippen molar-refractivity contribution in [1.29, 1.82) is 0 Å². The lowest BCUT2D eigenvalue weighted by molar-refractivity contribution is 0.0515. The van der Waals surface area contributed by atoms with Gasteiger partial charge in [0.1, 0.15) is 0 Å². The molecule has 0 bridgehead atoms. The molecular weight excluding hydrogens is 1610 g/mol. The summed E-state index contributed by atoms with van der Waals surface area (Å²) in [4.78, 5) is 109. The first-order valence-electron chi connectivity index (χ1n) is 43.1. The molecule has 29 heteroatoms. The van der Waals surface area contributed by atoms with Gasteiger partial charge >= 0.3 is 23.9 Å². The van der Waals surface area contributed by atoms with Crippen LogP contribution in [0.15, 0.2) is 91.0 Å². The Morgan fingerprint density at radius 2 is 0.631 bits per heavy atom. The van der Waals surface area contributed by atoms with Gasteiger partial charge in [-0.3, -0.25) is 10.0 Å². The number of esters is 4. The standard InChI is InChI=1S/3C19H23N3O2.C17H20N4O2.C11H13NO2.C8H11ClN2.2ClH/c3*1-3-24-18(23)14-6-4-5-13-10-22(11-15(13)14)19-20-16-8-7-12(2)9-17(16)21-19;1-10-5-6-14-15(7-10)19-17(18-14)21-8-11-3-2-4-12(13(11)9-21)16(22)20-23;1-2-14-11(13)9-5-3-4-8-6-12-7-10(8)9;1-5-2-3-6-7(4-5)11-8(9)10-6;;/h3*4-6,12H,3,7-11H2,1-2H3,(H,20,21);2-4,10,23H,5-9H2,1H3,(H,18,19)(H,20,22);3-5,12H,2,6-7H2,1H3;5H,2-4H2,1H3,(H,10,11);2*1H/t3*12-;10-;;;;/m1101..../s1. The van der Waals surface area contributed by atoms with Crippen LogP contribution < -0.4 is 30.4 Å². The fraction of sp³-hybridized carbons (Fsp3) is 0.462. The van der Waals surface area contributed by atoms with Crippen LogP contribution in [0.25, 0.3) is 0 Å². The van der Waals surface area contributed by atoms with Crippen molar-refractivity contribution in [2.75, 3.05) is 46.0 Å². The van der Waals surface area contributed by atoms with Gasteiger partial charge in [-0.2, -0.15) is 0 Å². The lowest BCUT2D eigenvalue weighted by Gasteiger charge is -2.15. The second-order valence-electron chi connectivity index (χ2n) is 33.7. The zero-order valence-corrected chi connectivity index (χ0v) is 73.8. The first-order valence-corrected chi connectivity index (χ1v) is 43.5. The molecule has 5 aliphatic carbocycles. The van der Waals surface area contributed by atoms with Crippen molar-refractivity contribution < 1.29 is 48.1 Å². The number of aryl methyl sites for hydroxylation is 5. The van der Waals surface area contributed by atoms with Gasteiger partial charge in [0.2, 0.25) is 23.8 Å². The Kier molecular flexibility index (Phi) is 29.4. The molecule has 1 unspecified atom stereocenters. The predicted molar refractivity (Wildman–Crippen MR) is 474 cm³/mol. The number of anilines is 4. The molecule has 5 aromatic heterocycles. The van der Waals surface area contributed by atoms with Crippen LogP contribution in [0.1, 0.15) is 259 Å². The number of carbonyl (C=O) groups excluding carboxylic acids is 5. The Labute approximate surface area is 730 Å². The summed E-state index contributed by atoms with van der Waals surface area (Å²) >= 11 is 5.73. The van der Waals surface area contributed by atoms with E-state index in [4.69, 9.17) is 55.7 Å². The van der Waals surface area contributed by atoms with Crippen LogP contribution in [0.5, 0.6) is 0 Å². The van der Waals surface area contributed by atoms with Crippen LogP contribution in [-0.4, -0.2) is 111 Å². The van der Waals surface area contributed by atoms with Crippen LogP contribution in [0.3, 0.4) is 0 Å². The summed E-state index contributed by atoms with van der Waals surface area (Å²) in [7, 11) is 0. The Hall–Kier alpha value is -10.5. The number of hydrogen-bond acceptors (Lipinski definition) is 20. The molecule has 0 saturated carbocycles. The first-order chi connectivity index (χ1) is 58.2. The average molecular weight is 1720 g/mol. The molecule has 26 nitrogen and oxygen atoms in total. The van der Waals surface area contributed by atoms with Crippen molar-refractivity contribution in [3.63, 3.8) is 0 Å². The van der Waals surface area contributed by atoms with Gasteiger partial charge < -0.3 is 68.8 Å². The second-order valence-corrected chi connectivity index (χ2v) is 34.1. The van der Waals surface area contributed by atoms with Crippen molar-refractivity contribution in [2.24, 2.45) is 29.6 Å². The zero-order valence-electron chi connectivity index (χ0n) is 71.4. The van der Waals surface area contributed by atoms with Gasteiger partial charge in [-0.25, -0.2) is 49.6 Å². The zero-order chi connectivity index (χ0) is 83.8. The molecule has 0 radical (unpaired) electrons. The quantitative estimate of drug-likeness (QED) is 0.0230. The summed E-state index contributed by atoms with van der Waals surface area (Å²) in [6.07, 6.45) is 16.8. The Bertz CT molecular complexity index is 5080. The third-order valence-corrected chi connectivity index (χ3v) is 24.9. The van der Waals surface area contributed by atoms with E-state index in [2.05, 4.69) is 108 Å². The third kappa shape index (κ3) is 20.2. The van der Waals surface area contributed by atoms with E-state index < -0.39 is 5.91 Å². The molecule has 0 saturated heterocycles. The maximum absolute atomic E-state index is 12.2. The van der Waals surface area contributed by atoms with Crippen molar-refractivity contribution >= 4 is 90.0 Å². The number of hydroxylamine groups is 1. The van der Waals surface area contributed by atoms with Crippen molar-refractivity contribution in [2.45, 2.75) is 224 Å². The number of fused-ring (bicyclic) bond motifs is 10. The number of halogens is 3. The number of carbonyl (C=O) groups is 5. The highest BCUT2D eigenvalue weighted by Crippen LogP contribution is 2.39. The first kappa shape index (κ1) is 89.3. The van der Waals surface area contributed by atoms with E-state index in [1.807, 2.05) is 94.4 Å². The highest BCUT2D eigenvalue weighted by Gasteiger charge is 2.35. The van der Waals surface area contributed by atoms with Gasteiger partial charge in [-0.15, -0.1) is 24.8 Å². The van der Waals surface area contributed by atoms with E-state index in [0.717, 1.165) is 184 Å². The Balaban J connectivity index is 0.000000128. The van der Waals surface area contributed by atoms with Gasteiger partial charge in [0.05, 0.1) is 77.2 Å². The average Bonchev–Trinajstić information content (AvgIpc) is 1.65. The van der Waals surface area contributed by atoms with E-state index in [1.165, 1.54) is 111 Å². The number of ether oxygens (including phenoxy) is 4. The van der Waals surface area contributed by atoms with Crippen LogP contribution in [-0.2, 0) is 149 Å². The van der Waals surface area contributed by atoms with Gasteiger partial charge in [0, 0.05) is 99.5 Å². The minimum atomic E-state index is -0.462. The molecule has 0 spiro atoms. The van der Waals surface area contributed by atoms with Crippen LogP contribution in [0, 0.1) is 29.6 Å². The SMILES string of the molecule is CC1CCc2nc(Cl)[nH]c2C1.CCOC(=O)c1cccc2c1CN(c1nc3c([nH]1)C[C@@H](C)CC3)C2.CCOC(=O)c1cccc2c1CN(c1nc3c([nH]1)C[C@H](C)CC3)C2.CCOC(=O)c1cccc2c1CN(c1nc3c([nH]1)C[C@H](C)CC3)C2.CCOC(=O)c1cccc2c1CNC2.C[C@@H]1CCc2nc(N3Cc4cccc(C(=O)NO)c4C3)[nH]c2C1.Cl.Cl. The number of hydrogen-bond donors (Lipinski definition) is 8. The van der Waals surface area contributed by atoms with Crippen LogP contribution in [0.4, 0.5) is 23.8 Å². The molecule has 20 rings (SSSR count). The maximum Gasteiger partial charge on any atom is 0.338 e. The number of aromatic nitrogens is 10. The minimum Gasteiger partial charge on any atom is -0.462 e. The predicted octanol–water partition coefficient (Wildman–Crippen LogP) is 16.4. The molecule has 648 valence electrons. The molecule has 10 heterocycles. The van der Waals surface area contributed by atoms with Crippen LogP contribution >= 0.6 is 36.4 Å². The number of nitrogens with zero attached hydrogens (tertiary/aromatic N) is 9. The number of rotatable bonds is 13. The summed E-state index contributed by atoms with van der Waals surface area (Å²) in [5.41, 5.74) is 28.5. The number of benzene rings is 5. The number of imidazole rings is 5. The van der Waals surface area contributed by atoms with Gasteiger partial charge in [-0.05, 0) is 251 Å². The molecule has 5 aromatic carbocycles. The number of H-pyrrole nitrogens is 5. The van der Waals surface area contributed by atoms with E-state index >= 15 is 0 Å². The molecule has 0 fully saturated rings. The molecule has 5 aliphatic heterocycles. The summed E-state index contributed by atoms with van der Waals surface area (Å²) in [5, 5.41) is 12.7. The van der Waals surface area contributed by atoms with Gasteiger partial charge in [0.15, 0.2) is 5.28 Å². The number of aromatic amines is 5. The number of nitrogens with one attached hydrogen (secondary N) is 7. The highest BCUT2D eigenvalue weighted by molar-refractivity contribution is 6.28. The maximum atomic E-state index is 12.2. The molecule has 1 amide bonds. The Morgan fingerprint density at radius 3 is 0.926 bits per heavy atom. The monoisotopic (exact) mass is 1720 g/mol. The molecule has 10 aromatic rings. The molecule has 122 heavy (non-hydrogen) atoms. The normalized spacial score (nSPS) is 18.6. The fourth-order valence-corrected chi connectivity index (χ4v) is 18.5. The molecule has 8 N–H and O–H groups in total. The molecule has 10 aliphatic rings. The van der Waals surface area contributed by atoms with Crippen molar-refractivity contribution in [3.05, 3.63) is 237 Å². The van der Waals surface area contributed by atoms with Gasteiger partial charge in [-0.1, -0.05) is 95.3 Å². The van der Waals surface area contributed by atoms with E-state index in [0.29, 0.717) is 91.6 Å². The van der Waals surface area contributed by atoms with Crippen molar-refractivity contribution in [3.8, 4) is 0 Å². The van der Waals surface area contributed by atoms with Crippen molar-refractivity contribution in [1.82, 2.24) is 60.6 Å². The highest BCUT2D eigenvalue weighted by atomic mass is 35.5. The van der Waals surface area contributed by atoms with E-state index in [1.54, 1.807) is 11.5 Å². The summed E-state index contributed by atoms with van der Waals surface area (Å²) < 4.78 is 20.6. The summed E-state index contributed by atoms with van der Waals surface area (Å²) in [5.74, 6) is 5.94. The topological polar surface area (TPSA) is 323 Å². The number of amides is 1. The largest absolute Gasteiger partial charge is 0.462 e. The van der Waals surface area contributed by atoms with E-state index in [9.17, 15) is 24.0 Å². The second kappa shape index (κ2) is 40.2. The summed E-state index contributed by atoms with van der Waals surface area (Å²) in [6.45, 7) is 27.8. The minimum absolute atomic E-state index is 0. The lowest BCUT2D eigenvalue weighted by Crippen LogP contribution is -2.21. The van der Waals surface area contributed by atoms with Gasteiger partial charge in [0.25, 0.3) is 5.91 Å². The lowest BCUT2D eigenvalue weighted by atomic mass is 9.92. The summed E-state index contributed by atoms with van der Waals surface area (Å²) in [6, 6.07) is 29.0.